The Labute approximate surface area is 86.7 Å². The van der Waals surface area contributed by atoms with Crippen molar-refractivity contribution in [3.8, 4) is 0 Å². The van der Waals surface area contributed by atoms with Gasteiger partial charge < -0.3 is 5.11 Å². The molecule has 76 valence electrons. The fraction of sp³-hybridized carbons (Fsp3) is 0.273. The number of aliphatic hydroxyl groups excluding tert-OH is 1. The first kappa shape index (κ1) is 11.1. The molecule has 0 amide bonds. The molecule has 1 N–H and O–H groups in total. The highest BCUT2D eigenvalue weighted by atomic mass is 32.2. The van der Waals surface area contributed by atoms with Crippen LogP contribution in [-0.2, 0) is 10.8 Å². The maximum absolute atomic E-state index is 11.7. The molecule has 1 unspecified atom stereocenters. The lowest BCUT2D eigenvalue weighted by Crippen LogP contribution is -1.99. The molecule has 1 atom stereocenters. The molecule has 0 aromatic heterocycles. The van der Waals surface area contributed by atoms with Gasteiger partial charge in [-0.3, -0.25) is 4.21 Å². The van der Waals surface area contributed by atoms with E-state index >= 15 is 0 Å². The molecule has 1 aromatic carbocycles. The van der Waals surface area contributed by atoms with E-state index in [9.17, 15) is 4.21 Å². The predicted octanol–water partition coefficient (Wildman–Crippen LogP) is 1.73. The Morgan fingerprint density at radius 2 is 2.07 bits per heavy atom. The maximum Gasteiger partial charge on any atom is 0.0615 e. The van der Waals surface area contributed by atoms with E-state index in [1.807, 2.05) is 37.3 Å². The average Bonchev–Trinajstić information content (AvgIpc) is 2.19. The van der Waals surface area contributed by atoms with Crippen LogP contribution in [0.25, 0.3) is 0 Å². The van der Waals surface area contributed by atoms with Crippen LogP contribution in [0.15, 0.2) is 46.9 Å². The number of rotatable bonds is 4. The molecule has 0 saturated carbocycles. The second-order valence-corrected chi connectivity index (χ2v) is 4.49. The SMILES string of the molecule is CC(=CCO)CS(=O)c1ccccc1. The van der Waals surface area contributed by atoms with Crippen molar-refractivity contribution in [2.24, 2.45) is 0 Å². The summed E-state index contributed by atoms with van der Waals surface area (Å²) in [7, 11) is -0.994. The molecule has 0 fully saturated rings. The van der Waals surface area contributed by atoms with Crippen molar-refractivity contribution in [2.45, 2.75) is 11.8 Å². The molecule has 0 spiro atoms. The van der Waals surface area contributed by atoms with Gasteiger partial charge in [-0.1, -0.05) is 29.8 Å². The molecule has 14 heavy (non-hydrogen) atoms. The first-order valence-corrected chi connectivity index (χ1v) is 5.76. The van der Waals surface area contributed by atoms with Crippen molar-refractivity contribution in [2.75, 3.05) is 12.4 Å². The minimum absolute atomic E-state index is 0.0117. The summed E-state index contributed by atoms with van der Waals surface area (Å²) < 4.78 is 11.7. The first-order chi connectivity index (χ1) is 6.74. The van der Waals surface area contributed by atoms with E-state index in [0.29, 0.717) is 5.75 Å². The summed E-state index contributed by atoms with van der Waals surface area (Å²) in [4.78, 5) is 0.832. The summed E-state index contributed by atoms with van der Waals surface area (Å²) in [6, 6.07) is 9.35. The zero-order chi connectivity index (χ0) is 10.4. The van der Waals surface area contributed by atoms with Crippen LogP contribution in [0.5, 0.6) is 0 Å². The second-order valence-electron chi connectivity index (χ2n) is 3.04. The zero-order valence-electron chi connectivity index (χ0n) is 8.14. The van der Waals surface area contributed by atoms with Crippen molar-refractivity contribution in [3.63, 3.8) is 0 Å². The van der Waals surface area contributed by atoms with Gasteiger partial charge in [0.15, 0.2) is 0 Å². The summed E-state index contributed by atoms with van der Waals surface area (Å²) >= 11 is 0. The van der Waals surface area contributed by atoms with Crippen molar-refractivity contribution < 1.29 is 9.32 Å². The highest BCUT2D eigenvalue weighted by molar-refractivity contribution is 7.85. The fourth-order valence-corrected chi connectivity index (χ4v) is 2.24. The lowest BCUT2D eigenvalue weighted by atomic mass is 10.3. The Kier molecular flexibility index (Phi) is 4.56. The minimum Gasteiger partial charge on any atom is -0.392 e. The van der Waals surface area contributed by atoms with Gasteiger partial charge in [0.25, 0.3) is 0 Å². The number of hydrogen-bond donors (Lipinski definition) is 1. The third kappa shape index (κ3) is 3.44. The predicted molar refractivity (Wildman–Crippen MR) is 58.6 cm³/mol. The Bertz CT molecular complexity index is 330. The molecule has 0 bridgehead atoms. The normalized spacial score (nSPS) is 14.0. The van der Waals surface area contributed by atoms with Gasteiger partial charge in [0.05, 0.1) is 17.4 Å². The molecular weight excluding hydrogens is 196 g/mol. The van der Waals surface area contributed by atoms with Gasteiger partial charge in [-0.2, -0.15) is 0 Å². The standard InChI is InChI=1S/C11H14O2S/c1-10(7-8-12)9-14(13)11-5-3-2-4-6-11/h2-7,12H,8-9H2,1H3. The van der Waals surface area contributed by atoms with Gasteiger partial charge in [0, 0.05) is 10.6 Å². The molecule has 0 aliphatic heterocycles. The largest absolute Gasteiger partial charge is 0.392 e. The highest BCUT2D eigenvalue weighted by Gasteiger charge is 2.02. The van der Waals surface area contributed by atoms with Gasteiger partial charge in [-0.05, 0) is 19.1 Å². The lowest BCUT2D eigenvalue weighted by molar-refractivity contribution is 0.342. The number of hydrogen-bond acceptors (Lipinski definition) is 2. The molecule has 2 nitrogen and oxygen atoms in total. The molecule has 3 heteroatoms. The molecule has 0 radical (unpaired) electrons. The van der Waals surface area contributed by atoms with E-state index in [2.05, 4.69) is 0 Å². The number of benzene rings is 1. The Balaban J connectivity index is 2.64. The van der Waals surface area contributed by atoms with E-state index in [4.69, 9.17) is 5.11 Å². The monoisotopic (exact) mass is 210 g/mol. The molecule has 1 aromatic rings. The summed E-state index contributed by atoms with van der Waals surface area (Å²) in [6.07, 6.45) is 1.68. The average molecular weight is 210 g/mol. The van der Waals surface area contributed by atoms with E-state index in [1.54, 1.807) is 6.08 Å². The second kappa shape index (κ2) is 5.73. The smallest absolute Gasteiger partial charge is 0.0615 e. The molecule has 1 rings (SSSR count). The third-order valence-corrected chi connectivity index (χ3v) is 3.32. The molecule has 0 aliphatic carbocycles. The minimum atomic E-state index is -0.994. The third-order valence-electron chi connectivity index (χ3n) is 1.80. The Morgan fingerprint density at radius 1 is 1.43 bits per heavy atom. The maximum atomic E-state index is 11.7. The van der Waals surface area contributed by atoms with Crippen LogP contribution in [0.3, 0.4) is 0 Å². The zero-order valence-corrected chi connectivity index (χ0v) is 8.96. The van der Waals surface area contributed by atoms with Crippen LogP contribution in [0.2, 0.25) is 0 Å². The van der Waals surface area contributed by atoms with Gasteiger partial charge in [0.1, 0.15) is 0 Å². The van der Waals surface area contributed by atoms with Gasteiger partial charge in [-0.25, -0.2) is 0 Å². The summed E-state index contributed by atoms with van der Waals surface area (Å²) in [5.74, 6) is 0.491. The van der Waals surface area contributed by atoms with Gasteiger partial charge >= 0.3 is 0 Å². The topological polar surface area (TPSA) is 37.3 Å². The molecule has 0 aliphatic rings. The fourth-order valence-electron chi connectivity index (χ4n) is 1.08. The van der Waals surface area contributed by atoms with E-state index in [0.717, 1.165) is 10.5 Å². The molecule has 0 heterocycles. The van der Waals surface area contributed by atoms with Crippen molar-refractivity contribution in [1.82, 2.24) is 0 Å². The van der Waals surface area contributed by atoms with Crippen molar-refractivity contribution in [3.05, 3.63) is 42.0 Å². The Morgan fingerprint density at radius 3 is 2.64 bits per heavy atom. The summed E-state index contributed by atoms with van der Waals surface area (Å²) in [5, 5.41) is 8.64. The quantitative estimate of drug-likeness (QED) is 0.768. The Hall–Kier alpha value is -0.930. The van der Waals surface area contributed by atoms with Crippen LogP contribution in [0.1, 0.15) is 6.92 Å². The van der Waals surface area contributed by atoms with Crippen LogP contribution < -0.4 is 0 Å². The number of aliphatic hydroxyl groups is 1. The highest BCUT2D eigenvalue weighted by Crippen LogP contribution is 2.08. The molecule has 0 saturated heterocycles. The lowest BCUT2D eigenvalue weighted by Gasteiger charge is -2.01. The van der Waals surface area contributed by atoms with E-state index < -0.39 is 10.8 Å². The van der Waals surface area contributed by atoms with Crippen molar-refractivity contribution >= 4 is 10.8 Å². The van der Waals surface area contributed by atoms with Crippen LogP contribution in [0.4, 0.5) is 0 Å². The van der Waals surface area contributed by atoms with E-state index in [-0.39, 0.29) is 6.61 Å². The first-order valence-electron chi connectivity index (χ1n) is 4.44. The van der Waals surface area contributed by atoms with E-state index in [1.165, 1.54) is 0 Å². The van der Waals surface area contributed by atoms with Gasteiger partial charge in [0.2, 0.25) is 0 Å². The van der Waals surface area contributed by atoms with Crippen LogP contribution in [0, 0.1) is 0 Å². The van der Waals surface area contributed by atoms with Crippen LogP contribution in [-0.4, -0.2) is 21.7 Å². The van der Waals surface area contributed by atoms with Gasteiger partial charge in [-0.15, -0.1) is 0 Å². The molecular formula is C11H14O2S. The summed E-state index contributed by atoms with van der Waals surface area (Å²) in [6.45, 7) is 1.88. The van der Waals surface area contributed by atoms with Crippen LogP contribution >= 0.6 is 0 Å². The summed E-state index contributed by atoms with van der Waals surface area (Å²) in [5.41, 5.74) is 0.953. The van der Waals surface area contributed by atoms with Crippen molar-refractivity contribution in [1.29, 1.82) is 0 Å².